The second-order valence-electron chi connectivity index (χ2n) is 6.53. The summed E-state index contributed by atoms with van der Waals surface area (Å²) in [4.78, 5) is 26.9. The minimum absolute atomic E-state index is 0.107. The van der Waals surface area contributed by atoms with Gasteiger partial charge in [-0.1, -0.05) is 58.7 Å². The zero-order chi connectivity index (χ0) is 17.4. The highest BCUT2D eigenvalue weighted by Gasteiger charge is 2.45. The van der Waals surface area contributed by atoms with Crippen LogP contribution in [0.3, 0.4) is 0 Å². The predicted molar refractivity (Wildman–Crippen MR) is 98.9 cm³/mol. The Labute approximate surface area is 150 Å². The van der Waals surface area contributed by atoms with E-state index in [4.69, 9.17) is 0 Å². The topological polar surface area (TPSA) is 37.4 Å². The minimum atomic E-state index is -0.307. The molecular formula is C20H20BrNO2. The second-order valence-corrected chi connectivity index (χ2v) is 7.39. The van der Waals surface area contributed by atoms with Crippen LogP contribution in [0.25, 0.3) is 0 Å². The smallest absolute Gasteiger partial charge is 0.238 e. The average molecular weight is 386 g/mol. The highest BCUT2D eigenvalue weighted by atomic mass is 79.9. The molecule has 2 atom stereocenters. The summed E-state index contributed by atoms with van der Waals surface area (Å²) in [6, 6.07) is 13.7. The summed E-state index contributed by atoms with van der Waals surface area (Å²) in [5.74, 6) is -0.837. The molecule has 0 radical (unpaired) electrons. The molecule has 4 heteroatoms. The highest BCUT2D eigenvalue weighted by molar-refractivity contribution is 9.10. The lowest BCUT2D eigenvalue weighted by Crippen LogP contribution is -2.31. The van der Waals surface area contributed by atoms with Gasteiger partial charge in [0.2, 0.25) is 11.8 Å². The number of hydrogen-bond donors (Lipinski definition) is 0. The largest absolute Gasteiger partial charge is 0.274 e. The van der Waals surface area contributed by atoms with Crippen LogP contribution in [0, 0.1) is 25.7 Å². The van der Waals surface area contributed by atoms with E-state index in [1.807, 2.05) is 57.2 Å². The van der Waals surface area contributed by atoms with Crippen molar-refractivity contribution in [1.29, 1.82) is 0 Å². The van der Waals surface area contributed by atoms with Crippen LogP contribution in [-0.2, 0) is 16.0 Å². The number of nitrogens with zero attached hydrogens (tertiary/aromatic N) is 1. The summed E-state index contributed by atoms with van der Waals surface area (Å²) in [5.41, 5.74) is 3.97. The van der Waals surface area contributed by atoms with Crippen molar-refractivity contribution in [2.24, 2.45) is 11.8 Å². The third-order valence-electron chi connectivity index (χ3n) is 4.70. The molecule has 0 bridgehead atoms. The van der Waals surface area contributed by atoms with E-state index < -0.39 is 0 Å². The number of rotatable bonds is 3. The van der Waals surface area contributed by atoms with E-state index in [-0.39, 0.29) is 23.7 Å². The number of hydrogen-bond acceptors (Lipinski definition) is 2. The van der Waals surface area contributed by atoms with Crippen LogP contribution in [0.1, 0.15) is 23.6 Å². The van der Waals surface area contributed by atoms with Gasteiger partial charge in [-0.3, -0.25) is 14.5 Å². The lowest BCUT2D eigenvalue weighted by molar-refractivity contribution is -0.122. The molecule has 0 unspecified atom stereocenters. The van der Waals surface area contributed by atoms with E-state index >= 15 is 0 Å². The number of benzene rings is 2. The molecule has 1 aliphatic heterocycles. The first-order valence-electron chi connectivity index (χ1n) is 8.08. The third-order valence-corrected chi connectivity index (χ3v) is 5.56. The van der Waals surface area contributed by atoms with Gasteiger partial charge in [0.05, 0.1) is 11.6 Å². The first kappa shape index (κ1) is 16.9. The van der Waals surface area contributed by atoms with Gasteiger partial charge in [0.15, 0.2) is 0 Å². The zero-order valence-corrected chi connectivity index (χ0v) is 15.6. The molecule has 2 aromatic rings. The van der Waals surface area contributed by atoms with Gasteiger partial charge in [-0.05, 0) is 43.5 Å². The van der Waals surface area contributed by atoms with Crippen LogP contribution in [0.2, 0.25) is 0 Å². The first-order chi connectivity index (χ1) is 11.4. The molecule has 1 heterocycles. The summed E-state index contributed by atoms with van der Waals surface area (Å²) in [6.07, 6.45) is 0.594. The number of aryl methyl sites for hydroxylation is 2. The quantitative estimate of drug-likeness (QED) is 0.732. The Morgan fingerprint density at radius 3 is 2.46 bits per heavy atom. The first-order valence-corrected chi connectivity index (χ1v) is 8.87. The van der Waals surface area contributed by atoms with Crippen molar-refractivity contribution in [3.05, 3.63) is 63.6 Å². The van der Waals surface area contributed by atoms with Gasteiger partial charge in [-0.25, -0.2) is 0 Å². The summed E-state index contributed by atoms with van der Waals surface area (Å²) in [6.45, 7) is 5.86. The van der Waals surface area contributed by atoms with Crippen LogP contribution >= 0.6 is 15.9 Å². The monoisotopic (exact) mass is 385 g/mol. The highest BCUT2D eigenvalue weighted by Crippen LogP contribution is 2.34. The maximum atomic E-state index is 12.9. The Kier molecular flexibility index (Phi) is 4.59. The van der Waals surface area contributed by atoms with Crippen LogP contribution in [-0.4, -0.2) is 11.8 Å². The van der Waals surface area contributed by atoms with Crippen molar-refractivity contribution in [3.8, 4) is 0 Å². The van der Waals surface area contributed by atoms with Crippen LogP contribution < -0.4 is 4.90 Å². The van der Waals surface area contributed by atoms with Crippen LogP contribution in [0.4, 0.5) is 5.69 Å². The number of carbonyl (C=O) groups excluding carboxylic acids is 2. The van der Waals surface area contributed by atoms with Crippen molar-refractivity contribution < 1.29 is 9.59 Å². The Hall–Kier alpha value is -1.94. The Morgan fingerprint density at radius 2 is 1.79 bits per heavy atom. The van der Waals surface area contributed by atoms with Crippen LogP contribution in [0.5, 0.6) is 0 Å². The molecule has 0 N–H and O–H groups in total. The fourth-order valence-corrected chi connectivity index (χ4v) is 3.56. The molecule has 0 aromatic heterocycles. The Morgan fingerprint density at radius 1 is 1.04 bits per heavy atom. The van der Waals surface area contributed by atoms with E-state index in [1.165, 1.54) is 4.90 Å². The van der Waals surface area contributed by atoms with Crippen LogP contribution in [0.15, 0.2) is 46.9 Å². The summed E-state index contributed by atoms with van der Waals surface area (Å²) in [7, 11) is 0. The molecule has 3 rings (SSSR count). The van der Waals surface area contributed by atoms with Gasteiger partial charge < -0.3 is 0 Å². The van der Waals surface area contributed by atoms with Crippen molar-refractivity contribution in [2.75, 3.05) is 4.90 Å². The molecule has 0 aliphatic carbocycles. The lowest BCUT2D eigenvalue weighted by Gasteiger charge is -2.16. The van der Waals surface area contributed by atoms with Crippen molar-refractivity contribution >= 4 is 33.4 Å². The maximum absolute atomic E-state index is 12.9. The van der Waals surface area contributed by atoms with Gasteiger partial charge in [0.1, 0.15) is 0 Å². The van der Waals surface area contributed by atoms with E-state index in [1.54, 1.807) is 0 Å². The molecule has 2 amide bonds. The predicted octanol–water partition coefficient (Wildman–Crippen LogP) is 4.43. The Bertz CT molecular complexity index is 815. The number of anilines is 1. The summed E-state index contributed by atoms with van der Waals surface area (Å²) < 4.78 is 0.899. The van der Waals surface area contributed by atoms with E-state index in [0.717, 1.165) is 21.2 Å². The molecule has 24 heavy (non-hydrogen) atoms. The third kappa shape index (κ3) is 3.03. The zero-order valence-electron chi connectivity index (χ0n) is 14.0. The van der Waals surface area contributed by atoms with Crippen molar-refractivity contribution in [1.82, 2.24) is 0 Å². The van der Waals surface area contributed by atoms with E-state index in [2.05, 4.69) is 22.0 Å². The number of carbonyl (C=O) groups is 2. The second kappa shape index (κ2) is 6.52. The molecule has 124 valence electrons. The molecule has 1 aliphatic rings. The van der Waals surface area contributed by atoms with Gasteiger partial charge in [-0.2, -0.15) is 0 Å². The summed E-state index contributed by atoms with van der Waals surface area (Å²) in [5, 5.41) is 0. The fraction of sp³-hybridized carbons (Fsp3) is 0.300. The Balaban J connectivity index is 1.90. The van der Waals surface area contributed by atoms with E-state index in [9.17, 15) is 9.59 Å². The van der Waals surface area contributed by atoms with Crippen molar-refractivity contribution in [2.45, 2.75) is 27.2 Å². The van der Waals surface area contributed by atoms with E-state index in [0.29, 0.717) is 12.1 Å². The molecule has 2 aromatic carbocycles. The van der Waals surface area contributed by atoms with Gasteiger partial charge in [-0.15, -0.1) is 0 Å². The lowest BCUT2D eigenvalue weighted by atomic mass is 9.90. The average Bonchev–Trinajstić information content (AvgIpc) is 2.74. The summed E-state index contributed by atoms with van der Waals surface area (Å²) >= 11 is 3.48. The SMILES string of the molecule is Cc1cccc(C[C@@H]2C(=O)N(c3ccc(C)c(Br)c3)C(=O)[C@@H]2C)c1. The maximum Gasteiger partial charge on any atom is 0.238 e. The number of halogens is 1. The normalized spacial score (nSPS) is 20.8. The molecule has 1 fully saturated rings. The standard InChI is InChI=1S/C20H20BrNO2/c1-12-5-4-6-15(9-12)10-17-14(3)19(23)22(20(17)24)16-8-7-13(2)18(21)11-16/h4-9,11,14,17H,10H2,1-3H3/t14-,17+/m1/s1. The molecule has 3 nitrogen and oxygen atoms in total. The van der Waals surface area contributed by atoms with Crippen molar-refractivity contribution in [3.63, 3.8) is 0 Å². The molecule has 0 saturated carbocycles. The minimum Gasteiger partial charge on any atom is -0.274 e. The van der Waals surface area contributed by atoms with Gasteiger partial charge in [0.25, 0.3) is 0 Å². The van der Waals surface area contributed by atoms with Gasteiger partial charge in [0, 0.05) is 10.4 Å². The van der Waals surface area contributed by atoms with Gasteiger partial charge >= 0.3 is 0 Å². The number of imide groups is 1. The number of amides is 2. The fourth-order valence-electron chi connectivity index (χ4n) is 3.20. The molecule has 0 spiro atoms. The molecule has 1 saturated heterocycles. The molecular weight excluding hydrogens is 366 g/mol.